The molecule has 2 aromatic carbocycles. The first-order chi connectivity index (χ1) is 21.9. The number of carbonyl (C=O) groups excluding carboxylic acids is 1. The molecule has 256 valence electrons. The first-order valence-corrected chi connectivity index (χ1v) is 17.5. The minimum absolute atomic E-state index is 0.143. The van der Waals surface area contributed by atoms with Gasteiger partial charge in [-0.1, -0.05) is 5.11 Å². The number of alkyl halides is 5. The fourth-order valence-electron chi connectivity index (χ4n) is 4.08. The molecule has 0 fully saturated rings. The molecule has 0 radical (unpaired) electrons. The van der Waals surface area contributed by atoms with Crippen LogP contribution in [-0.2, 0) is 38.8 Å². The Morgan fingerprint density at radius 1 is 0.935 bits per heavy atom. The molecule has 1 aliphatic heterocycles. The molecule has 0 aliphatic carbocycles. The minimum Gasteiger partial charge on any atom is -0.379 e. The van der Waals surface area contributed by atoms with Gasteiger partial charge in [0, 0.05) is 11.5 Å². The third-order valence-electron chi connectivity index (χ3n) is 6.59. The van der Waals surface area contributed by atoms with E-state index in [1.807, 2.05) is 0 Å². The number of rotatable bonds is 21. The minimum atomic E-state index is -4.79. The van der Waals surface area contributed by atoms with Gasteiger partial charge in [-0.3, -0.25) is 0 Å². The van der Waals surface area contributed by atoms with Gasteiger partial charge in [0.1, 0.15) is 0 Å². The van der Waals surface area contributed by atoms with Gasteiger partial charge in [0.2, 0.25) is 0 Å². The maximum absolute atomic E-state index is 15.2. The number of azide groups is 1. The Hall–Kier alpha value is -2.73. The van der Waals surface area contributed by atoms with Crippen LogP contribution in [0.5, 0.6) is 5.75 Å². The third-order valence-corrected chi connectivity index (χ3v) is 12.0. The van der Waals surface area contributed by atoms with E-state index < -0.39 is 41.6 Å². The van der Waals surface area contributed by atoms with Gasteiger partial charge in [0.15, 0.2) is 0 Å². The van der Waals surface area contributed by atoms with Crippen LogP contribution in [0.3, 0.4) is 0 Å². The smallest absolute Gasteiger partial charge is 0.379 e. The number of nitrogens with zero attached hydrogens (tertiary/aromatic N) is 4. The summed E-state index contributed by atoms with van der Waals surface area (Å²) >= 11 is -4.15. The molecule has 0 N–H and O–H groups in total. The molecule has 46 heavy (non-hydrogen) atoms. The molecule has 1 aliphatic rings. The molecule has 2 aromatic rings. The fourth-order valence-corrected chi connectivity index (χ4v) is 9.24. The van der Waals surface area contributed by atoms with Gasteiger partial charge in [-0.15, -0.1) is 0 Å². The van der Waals surface area contributed by atoms with Crippen molar-refractivity contribution in [1.82, 2.24) is 4.90 Å². The van der Waals surface area contributed by atoms with Crippen LogP contribution in [0.1, 0.15) is 25.0 Å². The van der Waals surface area contributed by atoms with Gasteiger partial charge in [0.25, 0.3) is 0 Å². The number of benzene rings is 2. The molecule has 11 nitrogen and oxygen atoms in total. The number of hydrogen-bond donors (Lipinski definition) is 0. The van der Waals surface area contributed by atoms with Crippen molar-refractivity contribution in [3.63, 3.8) is 0 Å². The molecule has 1 heterocycles. The van der Waals surface area contributed by atoms with Gasteiger partial charge < -0.3 is 18.9 Å². The van der Waals surface area contributed by atoms with Crippen LogP contribution in [0.4, 0.5) is 17.6 Å². The van der Waals surface area contributed by atoms with Crippen molar-refractivity contribution in [2.45, 2.75) is 35.9 Å². The summed E-state index contributed by atoms with van der Waals surface area (Å²) in [5.74, 6) is -0.662. The Kier molecular flexibility index (Phi) is 14.7. The topological polar surface area (TPSA) is 124 Å². The normalized spacial score (nSPS) is 14.9. The molecular formula is C30H39F4IN4O7. The molecule has 3 rings (SSSR count). The first kappa shape index (κ1) is 37.7. The van der Waals surface area contributed by atoms with Crippen LogP contribution in [0.25, 0.3) is 10.4 Å². The average Bonchev–Trinajstić information content (AvgIpc) is 3.31. The SMILES string of the molecule is CN(CCc1ccc(OC(F)(F)C(F)(F)I2OC(C)(C)c3ccccc32)cc1)C(=O)COCCOCCOCCOCCN=[N+]=[N-]. The van der Waals surface area contributed by atoms with Crippen molar-refractivity contribution in [3.05, 3.63) is 73.7 Å². The second-order valence-corrected chi connectivity index (χ2v) is 14.9. The zero-order chi connectivity index (χ0) is 33.6. The number of halogens is 5. The van der Waals surface area contributed by atoms with E-state index in [2.05, 4.69) is 14.8 Å². The number of ether oxygens (including phenoxy) is 5. The van der Waals surface area contributed by atoms with Crippen molar-refractivity contribution in [2.24, 2.45) is 5.11 Å². The molecule has 0 saturated carbocycles. The van der Waals surface area contributed by atoms with Crippen LogP contribution in [0.15, 0.2) is 53.6 Å². The van der Waals surface area contributed by atoms with Crippen LogP contribution in [0.2, 0.25) is 0 Å². The van der Waals surface area contributed by atoms with E-state index in [9.17, 15) is 13.6 Å². The zero-order valence-electron chi connectivity index (χ0n) is 25.9. The van der Waals surface area contributed by atoms with Gasteiger partial charge in [-0.2, -0.15) is 0 Å². The van der Waals surface area contributed by atoms with E-state index in [1.54, 1.807) is 33.0 Å². The molecule has 0 unspecified atom stereocenters. The van der Waals surface area contributed by atoms with Crippen LogP contribution < -0.4 is 4.74 Å². The predicted octanol–water partition coefficient (Wildman–Crippen LogP) is 6.19. The molecular weight excluding hydrogens is 731 g/mol. The second kappa shape index (κ2) is 18.0. The Labute approximate surface area is 273 Å². The third kappa shape index (κ3) is 10.9. The molecule has 0 aromatic heterocycles. The van der Waals surface area contributed by atoms with Crippen LogP contribution in [0, 0.1) is 3.57 Å². The summed E-state index contributed by atoms with van der Waals surface area (Å²) < 4.78 is 87.3. The molecule has 0 bridgehead atoms. The summed E-state index contributed by atoms with van der Waals surface area (Å²) in [5, 5.41) is 3.35. The van der Waals surface area contributed by atoms with Crippen molar-refractivity contribution in [1.29, 1.82) is 0 Å². The number of hydrogen-bond acceptors (Lipinski definition) is 8. The maximum atomic E-state index is 15.2. The van der Waals surface area contributed by atoms with Crippen LogP contribution >= 0.6 is 20.2 Å². The number of likely N-dealkylation sites (N-methyl/N-ethyl adjacent to an activating group) is 1. The van der Waals surface area contributed by atoms with Gasteiger partial charge in [0.05, 0.1) is 46.2 Å². The zero-order valence-corrected chi connectivity index (χ0v) is 28.1. The summed E-state index contributed by atoms with van der Waals surface area (Å²) in [5.41, 5.74) is 8.24. The van der Waals surface area contributed by atoms with E-state index in [4.69, 9.17) is 27.5 Å². The summed E-state index contributed by atoms with van der Waals surface area (Å²) in [6.45, 7) is 5.94. The predicted molar refractivity (Wildman–Crippen MR) is 169 cm³/mol. The summed E-state index contributed by atoms with van der Waals surface area (Å²) in [6.07, 6.45) is -4.39. The Bertz CT molecular complexity index is 1300. The monoisotopic (exact) mass is 770 g/mol. The van der Waals surface area contributed by atoms with E-state index in [-0.39, 0.29) is 35.8 Å². The number of fused-ring (bicyclic) bond motifs is 1. The van der Waals surface area contributed by atoms with Crippen molar-refractivity contribution >= 4 is 26.1 Å². The van der Waals surface area contributed by atoms with E-state index in [0.29, 0.717) is 57.1 Å². The van der Waals surface area contributed by atoms with Gasteiger partial charge >= 0.3 is 186 Å². The number of carbonyl (C=O) groups is 1. The summed E-state index contributed by atoms with van der Waals surface area (Å²) in [7, 11) is 1.61. The molecule has 1 amide bonds. The molecule has 0 spiro atoms. The summed E-state index contributed by atoms with van der Waals surface area (Å²) in [4.78, 5) is 16.4. The first-order valence-electron chi connectivity index (χ1n) is 14.5. The van der Waals surface area contributed by atoms with E-state index >= 15 is 8.78 Å². The fraction of sp³-hybridized carbons (Fsp3) is 0.567. The average molecular weight is 771 g/mol. The number of amides is 1. The van der Waals surface area contributed by atoms with E-state index in [1.165, 1.54) is 41.3 Å². The summed E-state index contributed by atoms with van der Waals surface area (Å²) in [6, 6.07) is 11.6. The molecule has 16 heteroatoms. The van der Waals surface area contributed by atoms with Crippen molar-refractivity contribution < 1.29 is 49.1 Å². The van der Waals surface area contributed by atoms with Crippen molar-refractivity contribution in [2.75, 3.05) is 73.0 Å². The Balaban J connectivity index is 1.32. The van der Waals surface area contributed by atoms with Gasteiger partial charge in [-0.25, -0.2) is 0 Å². The van der Waals surface area contributed by atoms with E-state index in [0.717, 1.165) is 0 Å². The molecule has 0 atom stereocenters. The quantitative estimate of drug-likeness (QED) is 0.0282. The second-order valence-electron chi connectivity index (χ2n) is 10.5. The Morgan fingerprint density at radius 2 is 1.52 bits per heavy atom. The van der Waals surface area contributed by atoms with Gasteiger partial charge in [-0.05, 0) is 5.53 Å². The Morgan fingerprint density at radius 3 is 2.15 bits per heavy atom. The van der Waals surface area contributed by atoms with Crippen LogP contribution in [-0.4, -0.2) is 93.8 Å². The van der Waals surface area contributed by atoms with Crippen molar-refractivity contribution in [3.8, 4) is 5.75 Å². The standard InChI is InChI=1S/C30H39F4IN4O7/c1-28(2)25-6-4-5-7-26(25)35(46-28)29(31,32)30(33,34)45-24-10-8-23(9-11-24)12-14-39(3)27(40)22-44-21-20-43-19-18-42-17-16-41-15-13-37-38-36/h4-11H,12-22H2,1-3H3. The molecule has 0 saturated heterocycles.